The minimum Gasteiger partial charge on any atom is -0.378 e. The number of nitrogens with zero attached hydrogens (tertiary/aromatic N) is 1. The number of halogens is 1. The number of hydrogen-bond donors (Lipinski definition) is 2. The molecule has 3 nitrogen and oxygen atoms in total. The predicted octanol–water partition coefficient (Wildman–Crippen LogP) is 2.79. The van der Waals surface area contributed by atoms with E-state index in [1.54, 1.807) is 6.20 Å². The molecule has 0 saturated heterocycles. The number of nitrogens with one attached hydrogen (secondary N) is 1. The number of fused-ring (bicyclic) bond motifs is 1. The van der Waals surface area contributed by atoms with Crippen LogP contribution in [-0.4, -0.2) is 17.1 Å². The van der Waals surface area contributed by atoms with Crippen LogP contribution in [0.1, 0.15) is 12.8 Å². The predicted molar refractivity (Wildman–Crippen MR) is 71.4 cm³/mol. The molecule has 3 rings (SSSR count). The lowest BCUT2D eigenvalue weighted by Gasteiger charge is -2.17. The first kappa shape index (κ1) is 10.8. The van der Waals surface area contributed by atoms with Crippen LogP contribution in [-0.2, 0) is 0 Å². The van der Waals surface area contributed by atoms with E-state index in [0.717, 1.165) is 29.4 Å². The van der Waals surface area contributed by atoms with Crippen molar-refractivity contribution >= 4 is 28.2 Å². The van der Waals surface area contributed by atoms with Crippen LogP contribution in [0.3, 0.4) is 0 Å². The van der Waals surface area contributed by atoms with Crippen molar-refractivity contribution in [3.8, 4) is 0 Å². The Morgan fingerprint density at radius 2 is 2.18 bits per heavy atom. The summed E-state index contributed by atoms with van der Waals surface area (Å²) >= 11 is 5.96. The number of aromatic nitrogens is 1. The minimum atomic E-state index is 0.105. The van der Waals surface area contributed by atoms with Gasteiger partial charge in [-0.1, -0.05) is 11.6 Å². The van der Waals surface area contributed by atoms with Crippen LogP contribution < -0.4 is 11.1 Å². The van der Waals surface area contributed by atoms with Crippen LogP contribution in [0.15, 0.2) is 30.5 Å². The van der Waals surface area contributed by atoms with Gasteiger partial charge in [-0.2, -0.15) is 0 Å². The highest BCUT2D eigenvalue weighted by molar-refractivity contribution is 6.31. The van der Waals surface area contributed by atoms with E-state index in [1.807, 2.05) is 24.3 Å². The van der Waals surface area contributed by atoms with Gasteiger partial charge in [-0.15, -0.1) is 0 Å². The molecule has 0 bridgehead atoms. The van der Waals surface area contributed by atoms with E-state index in [2.05, 4.69) is 10.3 Å². The maximum Gasteiger partial charge on any atom is 0.0737 e. The molecule has 1 aliphatic carbocycles. The number of rotatable bonds is 3. The van der Waals surface area contributed by atoms with Gasteiger partial charge in [-0.05, 0) is 37.1 Å². The lowest BCUT2D eigenvalue weighted by Crippen LogP contribution is -2.30. The Morgan fingerprint density at radius 3 is 2.88 bits per heavy atom. The highest BCUT2D eigenvalue weighted by Crippen LogP contribution is 2.39. The fourth-order valence-corrected chi connectivity index (χ4v) is 2.21. The Morgan fingerprint density at radius 1 is 1.35 bits per heavy atom. The topological polar surface area (TPSA) is 50.9 Å². The number of benzene rings is 1. The Bertz CT molecular complexity index is 564. The fraction of sp³-hybridized carbons (Fsp3) is 0.308. The molecular formula is C13H14ClN3. The molecule has 88 valence electrons. The smallest absolute Gasteiger partial charge is 0.0737 e. The summed E-state index contributed by atoms with van der Waals surface area (Å²) in [6, 6.07) is 7.76. The molecule has 1 fully saturated rings. The average molecular weight is 248 g/mol. The summed E-state index contributed by atoms with van der Waals surface area (Å²) in [6.45, 7) is 0.671. The molecule has 3 N–H and O–H groups in total. The normalized spacial score (nSPS) is 17.1. The van der Waals surface area contributed by atoms with Crippen LogP contribution in [0.2, 0.25) is 5.02 Å². The van der Waals surface area contributed by atoms with Gasteiger partial charge in [-0.25, -0.2) is 0 Å². The van der Waals surface area contributed by atoms with Crippen LogP contribution in [0.25, 0.3) is 10.9 Å². The standard InChI is InChI=1S/C13H14ClN3/c14-9-1-2-10-11(3-6-16-12(10)7-9)17-13(8-15)4-5-13/h1-3,6-7H,4-5,8,15H2,(H,16,17). The first-order valence-electron chi connectivity index (χ1n) is 5.75. The second kappa shape index (κ2) is 3.86. The molecule has 0 spiro atoms. The van der Waals surface area contributed by atoms with Crippen LogP contribution in [0.5, 0.6) is 0 Å². The third kappa shape index (κ3) is 1.96. The SMILES string of the molecule is NCC1(Nc2ccnc3cc(Cl)ccc23)CC1. The Balaban J connectivity index is 2.04. The molecule has 0 aliphatic heterocycles. The number of anilines is 1. The van der Waals surface area contributed by atoms with Crippen molar-refractivity contribution in [1.82, 2.24) is 4.98 Å². The number of pyridine rings is 1. The Labute approximate surface area is 105 Å². The summed E-state index contributed by atoms with van der Waals surface area (Å²) in [5.41, 5.74) is 7.90. The zero-order valence-electron chi connectivity index (χ0n) is 9.41. The van der Waals surface area contributed by atoms with Crippen molar-refractivity contribution in [2.45, 2.75) is 18.4 Å². The zero-order valence-corrected chi connectivity index (χ0v) is 10.2. The van der Waals surface area contributed by atoms with Crippen molar-refractivity contribution in [3.05, 3.63) is 35.5 Å². The molecule has 17 heavy (non-hydrogen) atoms. The van der Waals surface area contributed by atoms with Gasteiger partial charge in [0.05, 0.1) is 5.52 Å². The van der Waals surface area contributed by atoms with E-state index in [0.29, 0.717) is 11.6 Å². The van der Waals surface area contributed by atoms with Gasteiger partial charge in [-0.3, -0.25) is 4.98 Å². The second-order valence-electron chi connectivity index (χ2n) is 4.63. The summed E-state index contributed by atoms with van der Waals surface area (Å²) in [7, 11) is 0. The first-order valence-corrected chi connectivity index (χ1v) is 6.13. The van der Waals surface area contributed by atoms with Gasteiger partial charge in [0.2, 0.25) is 0 Å². The molecule has 1 aromatic carbocycles. The van der Waals surface area contributed by atoms with Gasteiger partial charge < -0.3 is 11.1 Å². The van der Waals surface area contributed by atoms with Crippen LogP contribution in [0, 0.1) is 0 Å². The number of nitrogens with two attached hydrogens (primary N) is 1. The third-order valence-corrected chi connectivity index (χ3v) is 3.58. The highest BCUT2D eigenvalue weighted by Gasteiger charge is 2.41. The molecule has 0 unspecified atom stereocenters. The average Bonchev–Trinajstić information content (AvgIpc) is 3.09. The van der Waals surface area contributed by atoms with E-state index in [9.17, 15) is 0 Å². The summed E-state index contributed by atoms with van der Waals surface area (Å²) < 4.78 is 0. The van der Waals surface area contributed by atoms with Crippen molar-refractivity contribution in [1.29, 1.82) is 0 Å². The first-order chi connectivity index (χ1) is 8.22. The fourth-order valence-electron chi connectivity index (χ4n) is 2.05. The molecule has 0 radical (unpaired) electrons. The van der Waals surface area contributed by atoms with Gasteiger partial charge in [0.25, 0.3) is 0 Å². The lowest BCUT2D eigenvalue weighted by atomic mass is 10.1. The summed E-state index contributed by atoms with van der Waals surface area (Å²) in [5.74, 6) is 0. The van der Waals surface area contributed by atoms with Crippen LogP contribution in [0.4, 0.5) is 5.69 Å². The molecule has 1 heterocycles. The summed E-state index contributed by atoms with van der Waals surface area (Å²) in [4.78, 5) is 4.32. The van der Waals surface area contributed by atoms with Crippen molar-refractivity contribution in [2.75, 3.05) is 11.9 Å². The quantitative estimate of drug-likeness (QED) is 0.877. The van der Waals surface area contributed by atoms with E-state index in [4.69, 9.17) is 17.3 Å². The van der Waals surface area contributed by atoms with Gasteiger partial charge in [0, 0.05) is 34.4 Å². The molecule has 4 heteroatoms. The molecular weight excluding hydrogens is 234 g/mol. The monoisotopic (exact) mass is 247 g/mol. The van der Waals surface area contributed by atoms with Crippen molar-refractivity contribution in [3.63, 3.8) is 0 Å². The maximum absolute atomic E-state index is 5.96. The van der Waals surface area contributed by atoms with Gasteiger partial charge in [0.15, 0.2) is 0 Å². The van der Waals surface area contributed by atoms with Crippen molar-refractivity contribution < 1.29 is 0 Å². The summed E-state index contributed by atoms with van der Waals surface area (Å²) in [6.07, 6.45) is 4.08. The van der Waals surface area contributed by atoms with E-state index < -0.39 is 0 Å². The molecule has 0 atom stereocenters. The Hall–Kier alpha value is -1.32. The van der Waals surface area contributed by atoms with E-state index in [-0.39, 0.29) is 5.54 Å². The molecule has 2 aromatic rings. The zero-order chi connectivity index (χ0) is 11.9. The second-order valence-corrected chi connectivity index (χ2v) is 5.07. The molecule has 1 saturated carbocycles. The molecule has 1 aliphatic rings. The Kier molecular flexibility index (Phi) is 2.45. The van der Waals surface area contributed by atoms with Crippen molar-refractivity contribution in [2.24, 2.45) is 5.73 Å². The lowest BCUT2D eigenvalue weighted by molar-refractivity contribution is 0.743. The molecule has 1 aromatic heterocycles. The van der Waals surface area contributed by atoms with E-state index in [1.165, 1.54) is 0 Å². The number of hydrogen-bond acceptors (Lipinski definition) is 3. The third-order valence-electron chi connectivity index (χ3n) is 3.35. The minimum absolute atomic E-state index is 0.105. The largest absolute Gasteiger partial charge is 0.378 e. The van der Waals surface area contributed by atoms with E-state index >= 15 is 0 Å². The van der Waals surface area contributed by atoms with Gasteiger partial charge in [0.1, 0.15) is 0 Å². The highest BCUT2D eigenvalue weighted by atomic mass is 35.5. The van der Waals surface area contributed by atoms with Crippen LogP contribution >= 0.6 is 11.6 Å². The maximum atomic E-state index is 5.96. The summed E-state index contributed by atoms with van der Waals surface area (Å²) in [5, 5.41) is 5.34. The molecule has 0 amide bonds. The van der Waals surface area contributed by atoms with Gasteiger partial charge >= 0.3 is 0 Å².